The molecule has 4 nitrogen and oxygen atoms in total. The van der Waals surface area contributed by atoms with Gasteiger partial charge in [0.05, 0.1) is 44.1 Å². The quantitative estimate of drug-likeness (QED) is 0.623. The Morgan fingerprint density at radius 3 is 2.88 bits per heavy atom. The van der Waals surface area contributed by atoms with Crippen LogP contribution >= 0.6 is 0 Å². The van der Waals surface area contributed by atoms with Crippen LogP contribution in [0.15, 0.2) is 24.3 Å². The first-order chi connectivity index (χ1) is 12.5. The van der Waals surface area contributed by atoms with Gasteiger partial charge in [0, 0.05) is 17.5 Å². The van der Waals surface area contributed by atoms with Gasteiger partial charge in [-0.1, -0.05) is 18.2 Å². The number of rotatable bonds is 1. The number of hydrogen-bond acceptors (Lipinski definition) is 3. The molecule has 6 aliphatic rings. The largest absolute Gasteiger partial charge is 0.469 e. The molecule has 4 heteroatoms. The molecule has 3 saturated carbocycles. The van der Waals surface area contributed by atoms with E-state index >= 15 is 0 Å². The maximum absolute atomic E-state index is 13.0. The second kappa shape index (κ2) is 4.46. The number of ether oxygens (including phenoxy) is 1. The van der Waals surface area contributed by atoms with Crippen molar-refractivity contribution >= 4 is 11.7 Å². The summed E-state index contributed by atoms with van der Waals surface area (Å²) in [5.41, 5.74) is 3.02. The van der Waals surface area contributed by atoms with Crippen LogP contribution in [-0.2, 0) is 14.9 Å². The molecule has 2 saturated heterocycles. The fourth-order valence-corrected chi connectivity index (χ4v) is 8.79. The average molecular weight is 353 g/mol. The van der Waals surface area contributed by atoms with E-state index in [1.54, 1.807) is 7.11 Å². The summed E-state index contributed by atoms with van der Waals surface area (Å²) < 4.78 is 6.58. The van der Waals surface area contributed by atoms with Gasteiger partial charge in [0.25, 0.3) is 0 Å². The van der Waals surface area contributed by atoms with E-state index in [4.69, 9.17) is 4.74 Å². The minimum absolute atomic E-state index is 0.00822. The van der Waals surface area contributed by atoms with Crippen LogP contribution < -0.4 is 5.32 Å². The van der Waals surface area contributed by atoms with Crippen molar-refractivity contribution in [2.24, 2.45) is 11.3 Å². The van der Waals surface area contributed by atoms with E-state index in [2.05, 4.69) is 36.6 Å². The van der Waals surface area contributed by atoms with Crippen molar-refractivity contribution in [3.8, 4) is 0 Å². The van der Waals surface area contributed by atoms with Crippen molar-refractivity contribution in [1.82, 2.24) is 0 Å². The lowest BCUT2D eigenvalue weighted by Gasteiger charge is -2.68. The summed E-state index contributed by atoms with van der Waals surface area (Å²) in [5.74, 6) is -0.0107. The SMILES string of the molecule is COC(=O)C1CC23CCC[N+]4(C)CCC5(c6ccccc6NC15CC2)C34. The van der Waals surface area contributed by atoms with E-state index in [9.17, 15) is 4.79 Å². The molecular weight excluding hydrogens is 324 g/mol. The summed E-state index contributed by atoms with van der Waals surface area (Å²) in [6.07, 6.45) is 7.19. The molecule has 3 aliphatic heterocycles. The molecule has 2 bridgehead atoms. The molecule has 1 aromatic rings. The number of nitrogens with zero attached hydrogens (tertiary/aromatic N) is 1. The summed E-state index contributed by atoms with van der Waals surface area (Å²) in [6, 6.07) is 9.56. The van der Waals surface area contributed by atoms with Crippen molar-refractivity contribution in [3.63, 3.8) is 0 Å². The molecule has 1 aromatic carbocycles. The molecule has 0 amide bonds. The standard InChI is InChI=1S/C22H29N2O2/c1-24-12-5-8-20-9-10-22(16(14-20)18(25)26-2)21(11-13-24,19(20)24)15-6-3-4-7-17(15)23-22/h3-4,6-7,16,19,23H,5,8-14H2,1-2H3/q+1. The monoisotopic (exact) mass is 353 g/mol. The highest BCUT2D eigenvalue weighted by Crippen LogP contribution is 2.75. The summed E-state index contributed by atoms with van der Waals surface area (Å²) in [4.78, 5) is 13.0. The zero-order chi connectivity index (χ0) is 17.8. The first-order valence-electron chi connectivity index (χ1n) is 10.3. The lowest BCUT2D eigenvalue weighted by atomic mass is 9.38. The maximum atomic E-state index is 13.0. The first kappa shape index (κ1) is 15.5. The highest BCUT2D eigenvalue weighted by atomic mass is 16.5. The predicted octanol–water partition coefficient (Wildman–Crippen LogP) is 3.07. The third kappa shape index (κ3) is 1.38. The maximum Gasteiger partial charge on any atom is 0.311 e. The van der Waals surface area contributed by atoms with Gasteiger partial charge in [-0.15, -0.1) is 0 Å². The Kier molecular flexibility index (Phi) is 2.66. The zero-order valence-corrected chi connectivity index (χ0v) is 15.9. The first-order valence-corrected chi connectivity index (χ1v) is 10.3. The van der Waals surface area contributed by atoms with Gasteiger partial charge in [-0.3, -0.25) is 4.79 Å². The number of quaternary nitrogens is 1. The van der Waals surface area contributed by atoms with Gasteiger partial charge in [0.1, 0.15) is 6.04 Å². The molecule has 3 heterocycles. The van der Waals surface area contributed by atoms with Gasteiger partial charge in [0.2, 0.25) is 0 Å². The minimum Gasteiger partial charge on any atom is -0.469 e. The van der Waals surface area contributed by atoms with E-state index in [0.717, 1.165) is 12.8 Å². The van der Waals surface area contributed by atoms with E-state index in [-0.39, 0.29) is 22.8 Å². The summed E-state index contributed by atoms with van der Waals surface area (Å²) in [7, 11) is 4.07. The third-order valence-corrected chi connectivity index (χ3v) is 9.30. The second-order valence-electron chi connectivity index (χ2n) is 9.94. The number of piperidine rings is 1. The number of hydrogen-bond donors (Lipinski definition) is 1. The molecule has 26 heavy (non-hydrogen) atoms. The Balaban J connectivity index is 1.67. The fourth-order valence-electron chi connectivity index (χ4n) is 8.79. The van der Waals surface area contributed by atoms with Crippen molar-refractivity contribution in [2.75, 3.05) is 32.6 Å². The highest BCUT2D eigenvalue weighted by molar-refractivity contribution is 5.80. The molecule has 6 unspecified atom stereocenters. The van der Waals surface area contributed by atoms with Crippen molar-refractivity contribution in [3.05, 3.63) is 29.8 Å². The highest BCUT2D eigenvalue weighted by Gasteiger charge is 2.83. The molecule has 3 aliphatic carbocycles. The average Bonchev–Trinajstić information content (AvgIpc) is 3.15. The Bertz CT molecular complexity index is 824. The number of methoxy groups -OCH3 is 1. The second-order valence-corrected chi connectivity index (χ2v) is 9.94. The lowest BCUT2D eigenvalue weighted by molar-refractivity contribution is -0.939. The molecule has 7 rings (SSSR count). The van der Waals surface area contributed by atoms with Crippen LogP contribution in [0.3, 0.4) is 0 Å². The van der Waals surface area contributed by atoms with Crippen molar-refractivity contribution in [2.45, 2.75) is 55.5 Å². The van der Waals surface area contributed by atoms with Crippen LogP contribution in [-0.4, -0.2) is 49.3 Å². The van der Waals surface area contributed by atoms with Gasteiger partial charge in [-0.2, -0.15) is 0 Å². The van der Waals surface area contributed by atoms with E-state index < -0.39 is 0 Å². The van der Waals surface area contributed by atoms with Gasteiger partial charge < -0.3 is 14.5 Å². The summed E-state index contributed by atoms with van der Waals surface area (Å²) in [6.45, 7) is 2.55. The third-order valence-electron chi connectivity index (χ3n) is 9.30. The molecule has 1 N–H and O–H groups in total. The fraction of sp³-hybridized carbons (Fsp3) is 0.682. The predicted molar refractivity (Wildman–Crippen MR) is 99.8 cm³/mol. The molecule has 138 valence electrons. The van der Waals surface area contributed by atoms with Crippen LogP contribution in [0.25, 0.3) is 0 Å². The number of carbonyl (C=O) groups excluding carboxylic acids is 1. The number of anilines is 1. The van der Waals surface area contributed by atoms with Crippen LogP contribution in [0.1, 0.15) is 44.1 Å². The van der Waals surface area contributed by atoms with Crippen LogP contribution in [0.2, 0.25) is 0 Å². The Morgan fingerprint density at radius 2 is 2.04 bits per heavy atom. The number of esters is 1. The number of carbonyl (C=O) groups is 1. The molecule has 3 spiro atoms. The Hall–Kier alpha value is -1.55. The molecule has 0 radical (unpaired) electrons. The van der Waals surface area contributed by atoms with Crippen molar-refractivity contribution in [1.29, 1.82) is 0 Å². The van der Waals surface area contributed by atoms with Crippen molar-refractivity contribution < 1.29 is 14.0 Å². The normalized spacial score (nSPS) is 49.8. The van der Waals surface area contributed by atoms with Gasteiger partial charge >= 0.3 is 5.97 Å². The minimum atomic E-state index is -0.149. The van der Waals surface area contributed by atoms with Gasteiger partial charge in [-0.25, -0.2) is 0 Å². The van der Waals surface area contributed by atoms with Gasteiger partial charge in [-0.05, 0) is 43.7 Å². The number of nitrogens with one attached hydrogen (secondary N) is 1. The van der Waals surface area contributed by atoms with E-state index in [1.165, 1.54) is 54.5 Å². The number of likely N-dealkylation sites (N-methyl/N-ethyl adjacent to an activating group) is 1. The van der Waals surface area contributed by atoms with Gasteiger partial charge in [0.15, 0.2) is 0 Å². The zero-order valence-electron chi connectivity index (χ0n) is 15.9. The molecule has 0 aromatic heterocycles. The van der Waals surface area contributed by atoms with E-state index in [1.807, 2.05) is 0 Å². The lowest BCUT2D eigenvalue weighted by Crippen LogP contribution is -2.79. The molecular formula is C22H29N2O2+. The number of para-hydroxylation sites is 1. The summed E-state index contributed by atoms with van der Waals surface area (Å²) in [5, 5.41) is 3.96. The Morgan fingerprint density at radius 1 is 1.19 bits per heavy atom. The number of fused-ring (bicyclic) bond motifs is 3. The molecule has 5 fully saturated rings. The van der Waals surface area contributed by atoms with Crippen LogP contribution in [0.5, 0.6) is 0 Å². The van der Waals surface area contributed by atoms with Crippen LogP contribution in [0, 0.1) is 11.3 Å². The smallest absolute Gasteiger partial charge is 0.311 e. The van der Waals surface area contributed by atoms with E-state index in [0.29, 0.717) is 11.5 Å². The topological polar surface area (TPSA) is 38.3 Å². The molecule has 6 atom stereocenters. The number of benzene rings is 1. The summed E-state index contributed by atoms with van der Waals surface area (Å²) >= 11 is 0. The van der Waals surface area contributed by atoms with Crippen LogP contribution in [0.4, 0.5) is 5.69 Å². The Labute approximate surface area is 155 Å².